The molecule has 25 heavy (non-hydrogen) atoms. The Morgan fingerprint density at radius 2 is 2.12 bits per heavy atom. The molecule has 0 saturated heterocycles. The van der Waals surface area contributed by atoms with Gasteiger partial charge in [0, 0.05) is 24.4 Å². The number of ether oxygens (including phenoxy) is 1. The first kappa shape index (κ1) is 17.8. The highest BCUT2D eigenvalue weighted by molar-refractivity contribution is 7.88. The highest BCUT2D eigenvalue weighted by atomic mass is 32.2. The largest absolute Gasteiger partial charge is 0.453 e. The number of benzene rings is 1. The van der Waals surface area contributed by atoms with Crippen LogP contribution in [0, 0.1) is 5.82 Å². The Bertz CT molecular complexity index is 881. The second-order valence-corrected chi connectivity index (χ2v) is 8.52. The van der Waals surface area contributed by atoms with Crippen LogP contribution in [-0.2, 0) is 33.5 Å². The number of carbonyl (C=O) groups is 1. The Hall–Kier alpha value is -2.04. The summed E-state index contributed by atoms with van der Waals surface area (Å²) in [4.78, 5) is 16.3. The van der Waals surface area contributed by atoms with Crippen molar-refractivity contribution in [2.24, 2.45) is 0 Å². The van der Waals surface area contributed by atoms with Crippen LogP contribution < -0.4 is 5.32 Å². The maximum absolute atomic E-state index is 13.0. The molecule has 3 rings (SSSR count). The van der Waals surface area contributed by atoms with E-state index in [2.05, 4.69) is 15.0 Å². The molecule has 134 valence electrons. The molecule has 0 spiro atoms. The van der Waals surface area contributed by atoms with Gasteiger partial charge in [0.1, 0.15) is 5.82 Å². The van der Waals surface area contributed by atoms with Gasteiger partial charge in [-0.3, -0.25) is 5.32 Å². The van der Waals surface area contributed by atoms with Crippen molar-refractivity contribution in [1.82, 2.24) is 9.29 Å². The van der Waals surface area contributed by atoms with Crippen LogP contribution in [0.3, 0.4) is 0 Å². The maximum Gasteiger partial charge on any atom is 0.413 e. The number of rotatable bonds is 4. The molecule has 1 amide bonds. The summed E-state index contributed by atoms with van der Waals surface area (Å²) in [5.74, 6) is -0.589. The zero-order valence-electron chi connectivity index (χ0n) is 13.4. The van der Waals surface area contributed by atoms with Crippen LogP contribution in [0.15, 0.2) is 24.3 Å². The number of hydrogen-bond acceptors (Lipinski definition) is 6. The minimum atomic E-state index is -3.53. The number of sulfonamides is 1. The normalized spacial score (nSPS) is 14.8. The summed E-state index contributed by atoms with van der Waals surface area (Å²) in [6, 6.07) is 5.42. The predicted molar refractivity (Wildman–Crippen MR) is 91.3 cm³/mol. The summed E-state index contributed by atoms with van der Waals surface area (Å²) in [5.41, 5.74) is 1.31. The van der Waals surface area contributed by atoms with E-state index in [-0.39, 0.29) is 12.3 Å². The SMILES string of the molecule is COC(=O)Nc1nc2c(s1)CN(S(=O)(=O)Cc1ccc(F)cc1)CC2. The Kier molecular flexibility index (Phi) is 5.02. The number of hydrogen-bond donors (Lipinski definition) is 1. The highest BCUT2D eigenvalue weighted by Gasteiger charge is 2.29. The van der Waals surface area contributed by atoms with E-state index in [0.717, 1.165) is 10.6 Å². The van der Waals surface area contributed by atoms with E-state index in [9.17, 15) is 17.6 Å². The van der Waals surface area contributed by atoms with Crippen molar-refractivity contribution < 1.29 is 22.3 Å². The third-order valence-corrected chi connectivity index (χ3v) is 6.54. The number of fused-ring (bicyclic) bond motifs is 1. The number of aromatic nitrogens is 1. The molecule has 1 aromatic carbocycles. The van der Waals surface area contributed by atoms with Gasteiger partial charge in [0.05, 0.1) is 18.6 Å². The van der Waals surface area contributed by atoms with Crippen molar-refractivity contribution in [2.75, 3.05) is 19.0 Å². The fraction of sp³-hybridized carbons (Fsp3) is 0.333. The predicted octanol–water partition coefficient (Wildman–Crippen LogP) is 2.35. The minimum absolute atomic E-state index is 0.186. The molecule has 0 unspecified atom stereocenters. The van der Waals surface area contributed by atoms with Gasteiger partial charge in [0.25, 0.3) is 0 Å². The number of halogens is 1. The van der Waals surface area contributed by atoms with Gasteiger partial charge >= 0.3 is 6.09 Å². The standard InChI is InChI=1S/C15H16FN3O4S2/c1-23-15(20)18-14-17-12-6-7-19(8-13(12)24-14)25(21,22)9-10-2-4-11(16)5-3-10/h2-5H,6-9H2,1H3,(H,17,18,20). The topological polar surface area (TPSA) is 88.6 Å². The third-order valence-electron chi connectivity index (χ3n) is 3.75. The van der Waals surface area contributed by atoms with E-state index in [1.165, 1.54) is 47.0 Å². The summed E-state index contributed by atoms with van der Waals surface area (Å²) in [6.45, 7) is 0.525. The first-order valence-electron chi connectivity index (χ1n) is 7.43. The minimum Gasteiger partial charge on any atom is -0.453 e. The molecular weight excluding hydrogens is 369 g/mol. The van der Waals surface area contributed by atoms with Gasteiger partial charge in [-0.2, -0.15) is 4.31 Å². The van der Waals surface area contributed by atoms with Crippen LogP contribution >= 0.6 is 11.3 Å². The van der Waals surface area contributed by atoms with Crippen molar-refractivity contribution >= 4 is 32.6 Å². The number of nitrogens with one attached hydrogen (secondary N) is 1. The first-order valence-corrected chi connectivity index (χ1v) is 9.86. The highest BCUT2D eigenvalue weighted by Crippen LogP contribution is 2.30. The zero-order chi connectivity index (χ0) is 18.0. The summed E-state index contributed by atoms with van der Waals surface area (Å²) in [5, 5.41) is 2.87. The van der Waals surface area contributed by atoms with E-state index in [0.29, 0.717) is 23.7 Å². The van der Waals surface area contributed by atoms with Crippen molar-refractivity contribution in [3.63, 3.8) is 0 Å². The van der Waals surface area contributed by atoms with E-state index in [1.807, 2.05) is 0 Å². The monoisotopic (exact) mass is 385 g/mol. The molecule has 0 fully saturated rings. The van der Waals surface area contributed by atoms with Crippen LogP contribution in [0.25, 0.3) is 0 Å². The molecule has 1 aromatic heterocycles. The molecular formula is C15H16FN3O4S2. The maximum atomic E-state index is 13.0. The smallest absolute Gasteiger partial charge is 0.413 e. The fourth-order valence-electron chi connectivity index (χ4n) is 2.48. The van der Waals surface area contributed by atoms with Gasteiger partial charge in [-0.25, -0.2) is 22.6 Å². The number of anilines is 1. The molecule has 10 heteroatoms. The number of amides is 1. The molecule has 1 aliphatic rings. The summed E-state index contributed by atoms with van der Waals surface area (Å²) < 4.78 is 44.1. The zero-order valence-corrected chi connectivity index (χ0v) is 15.0. The van der Waals surface area contributed by atoms with Gasteiger partial charge in [-0.1, -0.05) is 23.5 Å². The lowest BCUT2D eigenvalue weighted by Crippen LogP contribution is -2.36. The number of methoxy groups -OCH3 is 1. The Labute approximate surface area is 148 Å². The second kappa shape index (κ2) is 7.06. The first-order chi connectivity index (χ1) is 11.9. The van der Waals surface area contributed by atoms with Crippen molar-refractivity contribution in [1.29, 1.82) is 0 Å². The summed E-state index contributed by atoms with van der Waals surface area (Å²) in [6.07, 6.45) is -0.149. The van der Waals surface area contributed by atoms with E-state index in [1.54, 1.807) is 0 Å². The molecule has 0 atom stereocenters. The van der Waals surface area contributed by atoms with Crippen molar-refractivity contribution in [3.8, 4) is 0 Å². The molecule has 0 aliphatic carbocycles. The molecule has 2 aromatic rings. The lowest BCUT2D eigenvalue weighted by atomic mass is 10.2. The van der Waals surface area contributed by atoms with E-state index < -0.39 is 21.9 Å². The molecule has 2 heterocycles. The summed E-state index contributed by atoms with van der Waals surface area (Å²) in [7, 11) is -2.28. The van der Waals surface area contributed by atoms with Crippen molar-refractivity contribution in [3.05, 3.63) is 46.2 Å². The molecule has 0 saturated carbocycles. The van der Waals surface area contributed by atoms with Gasteiger partial charge in [0.15, 0.2) is 5.13 Å². The lowest BCUT2D eigenvalue weighted by molar-refractivity contribution is 0.187. The lowest BCUT2D eigenvalue weighted by Gasteiger charge is -2.25. The number of thiazole rings is 1. The number of nitrogens with zero attached hydrogens (tertiary/aromatic N) is 2. The van der Waals surface area contributed by atoms with Crippen LogP contribution in [-0.4, -0.2) is 37.5 Å². The average Bonchev–Trinajstić information content (AvgIpc) is 2.98. The van der Waals surface area contributed by atoms with Gasteiger partial charge in [-0.15, -0.1) is 0 Å². The van der Waals surface area contributed by atoms with Crippen LogP contribution in [0.1, 0.15) is 16.1 Å². The Morgan fingerprint density at radius 3 is 2.80 bits per heavy atom. The Balaban J connectivity index is 1.72. The molecule has 0 radical (unpaired) electrons. The average molecular weight is 385 g/mol. The van der Waals surface area contributed by atoms with E-state index >= 15 is 0 Å². The Morgan fingerprint density at radius 1 is 1.40 bits per heavy atom. The second-order valence-electron chi connectivity index (χ2n) is 5.47. The quantitative estimate of drug-likeness (QED) is 0.873. The van der Waals surface area contributed by atoms with Crippen LogP contribution in [0.5, 0.6) is 0 Å². The number of carbonyl (C=O) groups excluding carboxylic acids is 1. The van der Waals surface area contributed by atoms with E-state index in [4.69, 9.17) is 0 Å². The summed E-state index contributed by atoms with van der Waals surface area (Å²) >= 11 is 1.23. The third kappa shape index (κ3) is 4.14. The molecule has 1 N–H and O–H groups in total. The van der Waals surface area contributed by atoms with Crippen LogP contribution in [0.4, 0.5) is 14.3 Å². The van der Waals surface area contributed by atoms with Gasteiger partial charge < -0.3 is 4.74 Å². The van der Waals surface area contributed by atoms with Gasteiger partial charge in [0.2, 0.25) is 10.0 Å². The molecule has 0 bridgehead atoms. The fourth-order valence-corrected chi connectivity index (χ4v) is 5.07. The molecule has 1 aliphatic heterocycles. The molecule has 7 nitrogen and oxygen atoms in total. The van der Waals surface area contributed by atoms with Crippen LogP contribution in [0.2, 0.25) is 0 Å². The van der Waals surface area contributed by atoms with Crippen molar-refractivity contribution in [2.45, 2.75) is 18.7 Å². The van der Waals surface area contributed by atoms with Gasteiger partial charge in [-0.05, 0) is 17.7 Å².